The first-order valence-electron chi connectivity index (χ1n) is 3.76. The van der Waals surface area contributed by atoms with E-state index in [-0.39, 0.29) is 12.2 Å². The SMILES string of the molecule is C=C1OCC2OC(C)(C)OC12. The molecule has 0 aliphatic carbocycles. The first kappa shape index (κ1) is 7.13. The Morgan fingerprint density at radius 2 is 2.18 bits per heavy atom. The molecule has 2 atom stereocenters. The van der Waals surface area contributed by atoms with Crippen molar-refractivity contribution in [1.82, 2.24) is 0 Å². The van der Waals surface area contributed by atoms with E-state index in [0.717, 1.165) is 0 Å². The molecule has 0 spiro atoms. The molecule has 0 bridgehead atoms. The van der Waals surface area contributed by atoms with E-state index in [2.05, 4.69) is 6.58 Å². The van der Waals surface area contributed by atoms with E-state index in [1.165, 1.54) is 0 Å². The highest BCUT2D eigenvalue weighted by Crippen LogP contribution is 2.35. The van der Waals surface area contributed by atoms with Crippen LogP contribution in [0.25, 0.3) is 0 Å². The van der Waals surface area contributed by atoms with Gasteiger partial charge in [-0.3, -0.25) is 0 Å². The molecule has 0 N–H and O–H groups in total. The summed E-state index contributed by atoms with van der Waals surface area (Å²) in [7, 11) is 0. The summed E-state index contributed by atoms with van der Waals surface area (Å²) in [5.41, 5.74) is 0. The van der Waals surface area contributed by atoms with E-state index in [1.54, 1.807) is 0 Å². The first-order chi connectivity index (χ1) is 5.08. The van der Waals surface area contributed by atoms with Crippen molar-refractivity contribution in [2.24, 2.45) is 0 Å². The van der Waals surface area contributed by atoms with Crippen molar-refractivity contribution in [3.63, 3.8) is 0 Å². The zero-order chi connectivity index (χ0) is 8.06. The zero-order valence-electron chi connectivity index (χ0n) is 6.79. The number of hydrogen-bond donors (Lipinski definition) is 0. The molecule has 3 nitrogen and oxygen atoms in total. The van der Waals surface area contributed by atoms with Gasteiger partial charge < -0.3 is 14.2 Å². The lowest BCUT2D eigenvalue weighted by Crippen LogP contribution is -2.23. The number of ether oxygens (including phenoxy) is 3. The Bertz CT molecular complexity index is 198. The fraction of sp³-hybridized carbons (Fsp3) is 0.750. The van der Waals surface area contributed by atoms with Crippen molar-refractivity contribution in [3.8, 4) is 0 Å². The molecule has 0 aromatic heterocycles. The second-order valence-corrected chi connectivity index (χ2v) is 3.37. The molecule has 2 aliphatic rings. The molecule has 2 fully saturated rings. The van der Waals surface area contributed by atoms with Crippen LogP contribution in [0.4, 0.5) is 0 Å². The van der Waals surface area contributed by atoms with Gasteiger partial charge in [-0.15, -0.1) is 0 Å². The van der Waals surface area contributed by atoms with Crippen LogP contribution >= 0.6 is 0 Å². The maximum absolute atomic E-state index is 5.54. The minimum absolute atomic E-state index is 0.0509. The minimum atomic E-state index is -0.470. The lowest BCUT2D eigenvalue weighted by molar-refractivity contribution is -0.157. The van der Waals surface area contributed by atoms with Crippen LogP contribution in [0, 0.1) is 0 Å². The maximum atomic E-state index is 5.54. The molecule has 62 valence electrons. The van der Waals surface area contributed by atoms with Crippen LogP contribution in [-0.4, -0.2) is 24.6 Å². The third-order valence-corrected chi connectivity index (χ3v) is 1.93. The second kappa shape index (κ2) is 1.99. The lowest BCUT2D eigenvalue weighted by Gasteiger charge is -2.18. The molecule has 0 aromatic rings. The number of fused-ring (bicyclic) bond motifs is 1. The second-order valence-electron chi connectivity index (χ2n) is 3.37. The van der Waals surface area contributed by atoms with Crippen LogP contribution in [0.1, 0.15) is 13.8 Å². The summed E-state index contributed by atoms with van der Waals surface area (Å²) in [5.74, 6) is 0.225. The Hall–Kier alpha value is -0.540. The molecule has 11 heavy (non-hydrogen) atoms. The fourth-order valence-corrected chi connectivity index (χ4v) is 1.50. The van der Waals surface area contributed by atoms with Gasteiger partial charge in [-0.1, -0.05) is 6.58 Å². The van der Waals surface area contributed by atoms with Crippen LogP contribution in [-0.2, 0) is 14.2 Å². The van der Waals surface area contributed by atoms with Gasteiger partial charge in [0.2, 0.25) is 0 Å². The minimum Gasteiger partial charge on any atom is -0.493 e. The van der Waals surface area contributed by atoms with Crippen molar-refractivity contribution in [3.05, 3.63) is 12.3 Å². The third-order valence-electron chi connectivity index (χ3n) is 1.93. The van der Waals surface area contributed by atoms with Crippen molar-refractivity contribution >= 4 is 0 Å². The monoisotopic (exact) mass is 156 g/mol. The quantitative estimate of drug-likeness (QED) is 0.524. The first-order valence-corrected chi connectivity index (χ1v) is 3.76. The molecule has 2 rings (SSSR count). The Labute approximate surface area is 65.9 Å². The van der Waals surface area contributed by atoms with Gasteiger partial charge in [0.15, 0.2) is 5.79 Å². The van der Waals surface area contributed by atoms with E-state index < -0.39 is 5.79 Å². The Morgan fingerprint density at radius 3 is 2.82 bits per heavy atom. The molecule has 0 aromatic carbocycles. The molecule has 2 unspecified atom stereocenters. The molecule has 2 heterocycles. The van der Waals surface area contributed by atoms with Crippen LogP contribution < -0.4 is 0 Å². The van der Waals surface area contributed by atoms with E-state index in [4.69, 9.17) is 14.2 Å². The average molecular weight is 156 g/mol. The molecule has 0 radical (unpaired) electrons. The summed E-state index contributed by atoms with van der Waals surface area (Å²) in [6.07, 6.45) is 0.00231. The smallest absolute Gasteiger partial charge is 0.164 e. The summed E-state index contributed by atoms with van der Waals surface area (Å²) in [6.45, 7) is 8.11. The van der Waals surface area contributed by atoms with Gasteiger partial charge >= 0.3 is 0 Å². The van der Waals surface area contributed by atoms with E-state index in [1.807, 2.05) is 13.8 Å². The topological polar surface area (TPSA) is 27.7 Å². The van der Waals surface area contributed by atoms with Gasteiger partial charge in [-0.25, -0.2) is 0 Å². The van der Waals surface area contributed by atoms with Gasteiger partial charge in [0.1, 0.15) is 24.6 Å². The van der Waals surface area contributed by atoms with E-state index >= 15 is 0 Å². The summed E-state index contributed by atoms with van der Waals surface area (Å²) < 4.78 is 16.2. The summed E-state index contributed by atoms with van der Waals surface area (Å²) in [4.78, 5) is 0. The van der Waals surface area contributed by atoms with Gasteiger partial charge in [0.25, 0.3) is 0 Å². The highest BCUT2D eigenvalue weighted by Gasteiger charge is 2.47. The molecule has 2 saturated heterocycles. The van der Waals surface area contributed by atoms with E-state index in [0.29, 0.717) is 12.4 Å². The summed E-state index contributed by atoms with van der Waals surface area (Å²) in [5, 5.41) is 0. The maximum Gasteiger partial charge on any atom is 0.164 e. The standard InChI is InChI=1S/C8H12O3/c1-5-7-6(4-9-5)10-8(2,3)11-7/h6-7H,1,4H2,2-3H3. The Morgan fingerprint density at radius 1 is 1.45 bits per heavy atom. The van der Waals surface area contributed by atoms with Crippen molar-refractivity contribution < 1.29 is 14.2 Å². The largest absolute Gasteiger partial charge is 0.493 e. The van der Waals surface area contributed by atoms with Gasteiger partial charge in [-0.2, -0.15) is 0 Å². The van der Waals surface area contributed by atoms with Crippen LogP contribution in [0.5, 0.6) is 0 Å². The lowest BCUT2D eigenvalue weighted by atomic mass is 10.2. The molecule has 2 aliphatic heterocycles. The average Bonchev–Trinajstić information content (AvgIpc) is 2.31. The van der Waals surface area contributed by atoms with Crippen LogP contribution in [0.15, 0.2) is 12.3 Å². The molecular weight excluding hydrogens is 144 g/mol. The predicted octanol–water partition coefficient (Wildman–Crippen LogP) is 1.05. The number of rotatable bonds is 0. The predicted molar refractivity (Wildman–Crippen MR) is 38.9 cm³/mol. The van der Waals surface area contributed by atoms with Crippen molar-refractivity contribution in [2.75, 3.05) is 6.61 Å². The zero-order valence-corrected chi connectivity index (χ0v) is 6.79. The van der Waals surface area contributed by atoms with Crippen molar-refractivity contribution in [1.29, 1.82) is 0 Å². The Balaban J connectivity index is 2.16. The normalized spacial score (nSPS) is 40.4. The van der Waals surface area contributed by atoms with Crippen LogP contribution in [0.2, 0.25) is 0 Å². The molecule has 0 saturated carbocycles. The third kappa shape index (κ3) is 1.04. The number of hydrogen-bond acceptors (Lipinski definition) is 3. The van der Waals surface area contributed by atoms with Gasteiger partial charge in [0, 0.05) is 0 Å². The summed E-state index contributed by atoms with van der Waals surface area (Å²) in [6, 6.07) is 0. The fourth-order valence-electron chi connectivity index (χ4n) is 1.50. The van der Waals surface area contributed by atoms with Crippen molar-refractivity contribution in [2.45, 2.75) is 31.8 Å². The van der Waals surface area contributed by atoms with Crippen LogP contribution in [0.3, 0.4) is 0 Å². The van der Waals surface area contributed by atoms with Gasteiger partial charge in [0.05, 0.1) is 0 Å². The van der Waals surface area contributed by atoms with E-state index in [9.17, 15) is 0 Å². The molecular formula is C8H12O3. The highest BCUT2D eigenvalue weighted by molar-refractivity contribution is 5.06. The highest BCUT2D eigenvalue weighted by atomic mass is 16.8. The summed E-state index contributed by atoms with van der Waals surface area (Å²) >= 11 is 0. The Kier molecular flexibility index (Phi) is 1.29. The van der Waals surface area contributed by atoms with Gasteiger partial charge in [-0.05, 0) is 13.8 Å². The molecule has 3 heteroatoms. The molecule has 0 amide bonds.